The molecule has 4 aliphatic rings. The number of allylic oxidation sites excluding steroid dienone is 4. The fourth-order valence-corrected chi connectivity index (χ4v) is 7.34. The average Bonchev–Trinajstić information content (AvgIpc) is 2.97. The Bertz CT molecular complexity index is 899. The van der Waals surface area contributed by atoms with Crippen LogP contribution in [0.4, 0.5) is 0 Å². The number of fused-ring (bicyclic) bond motifs is 5. The van der Waals surface area contributed by atoms with Gasteiger partial charge in [0.2, 0.25) is 5.78 Å². The van der Waals surface area contributed by atoms with Crippen LogP contribution in [0.3, 0.4) is 0 Å². The zero-order chi connectivity index (χ0) is 22.9. The first-order chi connectivity index (χ1) is 14.4. The number of hydrogen-bond acceptors (Lipinski definition) is 7. The lowest BCUT2D eigenvalue weighted by Gasteiger charge is -2.59. The van der Waals surface area contributed by atoms with E-state index in [0.29, 0.717) is 6.42 Å². The average molecular weight is 468 g/mol. The smallest absolute Gasteiger partial charge is 0.200 e. The highest BCUT2D eigenvalue weighted by atomic mass is 35.5. The van der Waals surface area contributed by atoms with E-state index in [1.54, 1.807) is 19.1 Å². The van der Waals surface area contributed by atoms with E-state index in [1.807, 2.05) is 6.08 Å². The van der Waals surface area contributed by atoms with E-state index >= 15 is 0 Å². The van der Waals surface area contributed by atoms with Gasteiger partial charge in [0.15, 0.2) is 17.7 Å². The fraction of sp³-hybridized carbons (Fsp3) is 0.708. The molecular weight excluding hydrogens is 434 g/mol. The molecule has 0 aromatic carbocycles. The van der Waals surface area contributed by atoms with Crippen molar-refractivity contribution in [3.8, 4) is 0 Å². The number of aliphatic hydroxyl groups is 3. The molecule has 32 heavy (non-hydrogen) atoms. The van der Waals surface area contributed by atoms with E-state index in [1.165, 1.54) is 6.92 Å². The third kappa shape index (κ3) is 3.28. The van der Waals surface area contributed by atoms with Gasteiger partial charge in [0, 0.05) is 16.7 Å². The molecule has 1 unspecified atom stereocenters. The minimum atomic E-state index is -1.97. The molecule has 0 saturated heterocycles. The summed E-state index contributed by atoms with van der Waals surface area (Å²) in [4.78, 5) is 37.2. The topological polar surface area (TPSA) is 138 Å². The molecule has 7 nitrogen and oxygen atoms in total. The summed E-state index contributed by atoms with van der Waals surface area (Å²) in [5.74, 6) is -1.86. The first-order valence-corrected chi connectivity index (χ1v) is 11.2. The molecule has 4 rings (SSSR count). The number of carbonyl (C=O) groups excluding carboxylic acids is 3. The van der Waals surface area contributed by atoms with Gasteiger partial charge in [0.05, 0.1) is 12.1 Å². The first-order valence-electron chi connectivity index (χ1n) is 11.2. The molecule has 3 saturated carbocycles. The third-order valence-corrected chi connectivity index (χ3v) is 9.02. The lowest BCUT2D eigenvalue weighted by Crippen LogP contribution is -2.63. The molecule has 0 spiro atoms. The summed E-state index contributed by atoms with van der Waals surface area (Å²) in [6.45, 7) is 5.26. The summed E-state index contributed by atoms with van der Waals surface area (Å²) in [5, 5.41) is 33.2. The number of hydrogen-bond donors (Lipinski definition) is 4. The second-order valence-electron chi connectivity index (χ2n) is 10.6. The summed E-state index contributed by atoms with van der Waals surface area (Å²) in [7, 11) is 0. The van der Waals surface area contributed by atoms with Gasteiger partial charge in [0.25, 0.3) is 0 Å². The maximum atomic E-state index is 13.2. The lowest BCUT2D eigenvalue weighted by molar-refractivity contribution is -0.183. The highest BCUT2D eigenvalue weighted by molar-refractivity contribution is 6.10. The van der Waals surface area contributed by atoms with Gasteiger partial charge in [-0.15, -0.1) is 12.4 Å². The minimum absolute atomic E-state index is 0. The molecule has 8 heteroatoms. The molecule has 3 fully saturated rings. The van der Waals surface area contributed by atoms with E-state index in [2.05, 4.69) is 6.92 Å². The zero-order valence-corrected chi connectivity index (χ0v) is 19.6. The van der Waals surface area contributed by atoms with Crippen molar-refractivity contribution in [2.45, 2.75) is 76.7 Å². The molecule has 0 heterocycles. The van der Waals surface area contributed by atoms with E-state index in [0.717, 1.165) is 18.4 Å². The van der Waals surface area contributed by atoms with Crippen molar-refractivity contribution in [2.24, 2.45) is 34.3 Å². The molecule has 0 aliphatic heterocycles. The number of halogens is 1. The highest BCUT2D eigenvalue weighted by Gasteiger charge is 2.69. The second-order valence-corrected chi connectivity index (χ2v) is 10.6. The van der Waals surface area contributed by atoms with Crippen molar-refractivity contribution in [1.82, 2.24) is 0 Å². The number of nitrogens with two attached hydrogens (primary N) is 1. The Hall–Kier alpha value is -1.38. The van der Waals surface area contributed by atoms with Crippen molar-refractivity contribution in [1.29, 1.82) is 0 Å². The van der Waals surface area contributed by atoms with Gasteiger partial charge in [0.1, 0.15) is 5.60 Å². The monoisotopic (exact) mass is 467 g/mol. The Labute approximate surface area is 194 Å². The highest BCUT2D eigenvalue weighted by Crippen LogP contribution is 2.67. The van der Waals surface area contributed by atoms with E-state index in [-0.39, 0.29) is 48.8 Å². The largest absolute Gasteiger partial charge is 0.393 e. The molecule has 0 bridgehead atoms. The molecule has 9 atom stereocenters. The van der Waals surface area contributed by atoms with Gasteiger partial charge in [-0.1, -0.05) is 25.5 Å². The van der Waals surface area contributed by atoms with E-state index in [9.17, 15) is 29.7 Å². The number of Topliss-reactive ketones (excluding diaryl/α,β-unsaturated/α-hetero) is 2. The number of ketones is 3. The van der Waals surface area contributed by atoms with E-state index in [4.69, 9.17) is 5.73 Å². The number of rotatable bonds is 4. The Morgan fingerprint density at radius 1 is 1.25 bits per heavy atom. The van der Waals surface area contributed by atoms with Crippen LogP contribution in [-0.2, 0) is 14.4 Å². The van der Waals surface area contributed by atoms with Crippen LogP contribution in [0.2, 0.25) is 0 Å². The predicted molar refractivity (Wildman–Crippen MR) is 120 cm³/mol. The molecule has 178 valence electrons. The van der Waals surface area contributed by atoms with Crippen molar-refractivity contribution < 1.29 is 29.7 Å². The van der Waals surface area contributed by atoms with Crippen molar-refractivity contribution in [2.75, 3.05) is 0 Å². The first kappa shape index (κ1) is 25.2. The van der Waals surface area contributed by atoms with Crippen molar-refractivity contribution in [3.63, 3.8) is 0 Å². The van der Waals surface area contributed by atoms with Gasteiger partial charge in [-0.3, -0.25) is 14.4 Å². The number of carbonyl (C=O) groups is 3. The van der Waals surface area contributed by atoms with Crippen LogP contribution < -0.4 is 5.73 Å². The zero-order valence-electron chi connectivity index (χ0n) is 18.8. The summed E-state index contributed by atoms with van der Waals surface area (Å²) in [6, 6.07) is -1.02. The quantitative estimate of drug-likeness (QED) is 0.456. The summed E-state index contributed by atoms with van der Waals surface area (Å²) < 4.78 is 0. The van der Waals surface area contributed by atoms with Gasteiger partial charge >= 0.3 is 0 Å². The molecular formula is C24H34ClNO6. The van der Waals surface area contributed by atoms with Gasteiger partial charge in [-0.05, 0) is 63.0 Å². The van der Waals surface area contributed by atoms with Crippen LogP contribution in [-0.4, -0.2) is 56.5 Å². The maximum absolute atomic E-state index is 13.2. The molecule has 0 aromatic rings. The Morgan fingerprint density at radius 3 is 2.53 bits per heavy atom. The maximum Gasteiger partial charge on any atom is 0.200 e. The summed E-state index contributed by atoms with van der Waals surface area (Å²) in [5.41, 5.74) is 3.29. The molecule has 0 aromatic heterocycles. The standard InChI is InChI=1S/C24H33NO6.ClH/c1-12(25)19(28)20(29)21(30)24(31)9-7-16-15-5-4-13-10-14(26)6-8-22(13,2)18(15)17(27)11-23(16,24)3;/h6,8,10,12,15-18,20,27,29,31H,4-5,7,9,11,25H2,1-3H3;1H/t12-,15-,16-,17-,18+,20?,22-,23-,24-;/m0./s1. The van der Waals surface area contributed by atoms with E-state index < -0.39 is 46.2 Å². The SMILES string of the molecule is C[C@H](N)C(=O)C(O)C(=O)[C@@]1(O)CC[C@H]2[C@@H]3CCC4=CC(=O)C=C[C@]4(C)[C@H]3[C@@H](O)C[C@@]21C.Cl. The third-order valence-electron chi connectivity index (χ3n) is 9.02. The van der Waals surface area contributed by atoms with Crippen molar-refractivity contribution in [3.05, 3.63) is 23.8 Å². The van der Waals surface area contributed by atoms with Crippen LogP contribution in [0.25, 0.3) is 0 Å². The van der Waals surface area contributed by atoms with Crippen LogP contribution in [0.15, 0.2) is 23.8 Å². The Morgan fingerprint density at radius 2 is 1.91 bits per heavy atom. The Kier molecular flexibility index (Phi) is 6.42. The van der Waals surface area contributed by atoms with Crippen molar-refractivity contribution >= 4 is 29.8 Å². The number of aliphatic hydroxyl groups excluding tert-OH is 2. The van der Waals surface area contributed by atoms with Crippen LogP contribution in [0, 0.1) is 28.6 Å². The van der Waals surface area contributed by atoms with Gasteiger partial charge < -0.3 is 21.1 Å². The fourth-order valence-electron chi connectivity index (χ4n) is 7.34. The lowest BCUT2D eigenvalue weighted by atomic mass is 9.46. The molecule has 5 N–H and O–H groups in total. The van der Waals surface area contributed by atoms with Crippen LogP contribution >= 0.6 is 12.4 Å². The Balaban J connectivity index is 0.00000289. The predicted octanol–water partition coefficient (Wildman–Crippen LogP) is 1.26. The van der Waals surface area contributed by atoms with Gasteiger partial charge in [-0.25, -0.2) is 0 Å². The summed E-state index contributed by atoms with van der Waals surface area (Å²) in [6.07, 6.45) is 4.77. The van der Waals surface area contributed by atoms with Crippen LogP contribution in [0.5, 0.6) is 0 Å². The normalized spacial score (nSPS) is 44.3. The molecule has 4 aliphatic carbocycles. The summed E-state index contributed by atoms with van der Waals surface area (Å²) >= 11 is 0. The van der Waals surface area contributed by atoms with Crippen LogP contribution in [0.1, 0.15) is 52.9 Å². The molecule has 0 amide bonds. The second kappa shape index (κ2) is 8.13. The molecule has 0 radical (unpaired) electrons. The minimum Gasteiger partial charge on any atom is -0.393 e. The van der Waals surface area contributed by atoms with Gasteiger partial charge in [-0.2, -0.15) is 0 Å².